The van der Waals surface area contributed by atoms with E-state index in [1.165, 1.54) is 0 Å². The van der Waals surface area contributed by atoms with E-state index in [9.17, 15) is 0 Å². The van der Waals surface area contributed by atoms with Crippen LogP contribution in [-0.4, -0.2) is 125 Å². The Morgan fingerprint density at radius 2 is 0.516 bits per heavy atom. The zero-order valence-corrected chi connectivity index (χ0v) is 19.4. The van der Waals surface area contributed by atoms with E-state index in [-0.39, 0.29) is 0 Å². The topological polar surface area (TPSA) is 109 Å². The van der Waals surface area contributed by atoms with Gasteiger partial charge in [0.05, 0.1) is 112 Å². The predicted octanol–water partition coefficient (Wildman–Crippen LogP) is 0.505. The second-order valence-corrected chi connectivity index (χ2v) is 6.30. The lowest BCUT2D eigenvalue weighted by Gasteiger charge is -2.08. The first-order chi connectivity index (χ1) is 15.4. The molecule has 0 saturated heterocycles. The third kappa shape index (κ3) is 29.6. The van der Waals surface area contributed by atoms with Crippen LogP contribution in [0.5, 0.6) is 0 Å². The quantitative estimate of drug-likeness (QED) is 0.168. The van der Waals surface area contributed by atoms with Crippen molar-refractivity contribution in [1.82, 2.24) is 0 Å². The van der Waals surface area contributed by atoms with Crippen molar-refractivity contribution in [2.45, 2.75) is 13.3 Å². The lowest BCUT2D eigenvalue weighted by atomic mass is 10.5. The Hall–Kier alpha value is -0.400. The van der Waals surface area contributed by atoms with Crippen LogP contribution in [-0.2, 0) is 42.6 Å². The van der Waals surface area contributed by atoms with Crippen LogP contribution in [0.15, 0.2) is 0 Å². The maximum absolute atomic E-state index is 5.43. The largest absolute Gasteiger partial charge is 0.379 e. The molecule has 2 N–H and O–H groups in total. The molecule has 0 aliphatic heterocycles. The molecule has 0 heterocycles. The minimum absolute atomic E-state index is 0.532. The van der Waals surface area contributed by atoms with Gasteiger partial charge in [0.2, 0.25) is 0 Å². The highest BCUT2D eigenvalue weighted by Crippen LogP contribution is 1.86. The third-order valence-electron chi connectivity index (χ3n) is 3.59. The summed E-state index contributed by atoms with van der Waals surface area (Å²) in [6, 6.07) is 0. The molecule has 10 heteroatoms. The Morgan fingerprint density at radius 1 is 0.323 bits per heavy atom. The summed E-state index contributed by atoms with van der Waals surface area (Å²) >= 11 is 0. The van der Waals surface area contributed by atoms with Gasteiger partial charge < -0.3 is 48.4 Å². The van der Waals surface area contributed by atoms with Crippen molar-refractivity contribution in [1.29, 1.82) is 0 Å². The molecule has 0 atom stereocenters. The third-order valence-corrected chi connectivity index (χ3v) is 3.59. The van der Waals surface area contributed by atoms with Gasteiger partial charge in [0.25, 0.3) is 0 Å². The molecule has 0 amide bonds. The van der Waals surface area contributed by atoms with Crippen LogP contribution in [0.25, 0.3) is 0 Å². The van der Waals surface area contributed by atoms with Gasteiger partial charge in [-0.15, -0.1) is 0 Å². The fourth-order valence-electron chi connectivity index (χ4n) is 2.09. The molecule has 0 unspecified atom stereocenters. The van der Waals surface area contributed by atoms with E-state index in [0.717, 1.165) is 13.0 Å². The van der Waals surface area contributed by atoms with Crippen molar-refractivity contribution in [3.63, 3.8) is 0 Å². The number of rotatable bonds is 28. The molecule has 188 valence electrons. The molecule has 0 fully saturated rings. The van der Waals surface area contributed by atoms with Crippen molar-refractivity contribution < 1.29 is 42.6 Å². The van der Waals surface area contributed by atoms with Gasteiger partial charge in [-0.25, -0.2) is 0 Å². The zero-order valence-electron chi connectivity index (χ0n) is 19.4. The first-order valence-electron chi connectivity index (χ1n) is 11.3. The second kappa shape index (κ2) is 29.6. The summed E-state index contributed by atoms with van der Waals surface area (Å²) in [7, 11) is 0. The van der Waals surface area contributed by atoms with Crippen molar-refractivity contribution in [2.75, 3.05) is 125 Å². The molecule has 0 aromatic carbocycles. The van der Waals surface area contributed by atoms with Gasteiger partial charge in [0.1, 0.15) is 0 Å². The molecule has 0 rings (SSSR count). The smallest absolute Gasteiger partial charge is 0.0701 e. The average molecular weight is 456 g/mol. The Bertz CT molecular complexity index is 287. The van der Waals surface area contributed by atoms with Crippen LogP contribution in [0.3, 0.4) is 0 Å². The summed E-state index contributed by atoms with van der Waals surface area (Å²) in [6.45, 7) is 12.8. The minimum atomic E-state index is 0.532. The van der Waals surface area contributed by atoms with Gasteiger partial charge in [0.15, 0.2) is 0 Å². The SMILES string of the molecule is CCCOCCOCCOCCOCCOCCOCCOCCOCCOCCN. The summed E-state index contributed by atoms with van der Waals surface area (Å²) in [5.74, 6) is 0. The second-order valence-electron chi connectivity index (χ2n) is 6.30. The molecule has 0 aromatic heterocycles. The Morgan fingerprint density at radius 3 is 0.710 bits per heavy atom. The fraction of sp³-hybridized carbons (Fsp3) is 1.00. The molecule has 0 saturated carbocycles. The van der Waals surface area contributed by atoms with E-state index in [0.29, 0.717) is 119 Å². The van der Waals surface area contributed by atoms with Crippen LogP contribution in [0.2, 0.25) is 0 Å². The molecular weight excluding hydrogens is 410 g/mol. The molecule has 31 heavy (non-hydrogen) atoms. The Labute approximate surface area is 187 Å². The van der Waals surface area contributed by atoms with Gasteiger partial charge >= 0.3 is 0 Å². The van der Waals surface area contributed by atoms with E-state index < -0.39 is 0 Å². The van der Waals surface area contributed by atoms with Crippen molar-refractivity contribution in [3.05, 3.63) is 0 Å². The molecular formula is C21H45NO9. The van der Waals surface area contributed by atoms with Gasteiger partial charge in [0, 0.05) is 13.2 Å². The normalized spacial score (nSPS) is 11.4. The van der Waals surface area contributed by atoms with Crippen LogP contribution < -0.4 is 5.73 Å². The van der Waals surface area contributed by atoms with Gasteiger partial charge in [-0.1, -0.05) is 6.92 Å². The first-order valence-corrected chi connectivity index (χ1v) is 11.3. The molecule has 0 aromatic rings. The average Bonchev–Trinajstić information content (AvgIpc) is 2.78. The summed E-state index contributed by atoms with van der Waals surface area (Å²) in [4.78, 5) is 0. The van der Waals surface area contributed by atoms with Crippen molar-refractivity contribution >= 4 is 0 Å². The molecule has 0 radical (unpaired) electrons. The van der Waals surface area contributed by atoms with Crippen molar-refractivity contribution in [2.24, 2.45) is 5.73 Å². The minimum Gasteiger partial charge on any atom is -0.379 e. The molecule has 0 spiro atoms. The summed E-state index contributed by atoms with van der Waals surface area (Å²) < 4.78 is 48.3. The standard InChI is InChI=1S/C21H45NO9/c1-2-4-23-6-8-25-10-12-27-14-16-29-18-20-31-21-19-30-17-15-28-13-11-26-9-7-24-5-3-22/h2-22H2,1H3. The molecule has 0 aliphatic carbocycles. The predicted molar refractivity (Wildman–Crippen MR) is 117 cm³/mol. The molecule has 10 nitrogen and oxygen atoms in total. The number of ether oxygens (including phenoxy) is 9. The monoisotopic (exact) mass is 455 g/mol. The molecule has 0 bridgehead atoms. The maximum Gasteiger partial charge on any atom is 0.0701 e. The number of hydrogen-bond donors (Lipinski definition) is 1. The lowest BCUT2D eigenvalue weighted by molar-refractivity contribution is -0.0248. The van der Waals surface area contributed by atoms with Crippen LogP contribution in [0.1, 0.15) is 13.3 Å². The maximum atomic E-state index is 5.43. The first kappa shape index (κ1) is 30.6. The summed E-state index contributed by atoms with van der Waals surface area (Å²) in [5, 5.41) is 0. The number of hydrogen-bond acceptors (Lipinski definition) is 10. The summed E-state index contributed by atoms with van der Waals surface area (Å²) in [5.41, 5.74) is 5.31. The highest BCUT2D eigenvalue weighted by molar-refractivity contribution is 4.38. The molecule has 0 aliphatic rings. The van der Waals surface area contributed by atoms with Crippen LogP contribution >= 0.6 is 0 Å². The zero-order chi connectivity index (χ0) is 22.5. The Balaban J connectivity index is 2.98. The lowest BCUT2D eigenvalue weighted by Crippen LogP contribution is -2.15. The van der Waals surface area contributed by atoms with Gasteiger partial charge in [-0.05, 0) is 6.42 Å². The van der Waals surface area contributed by atoms with Gasteiger partial charge in [-0.3, -0.25) is 0 Å². The van der Waals surface area contributed by atoms with E-state index in [1.54, 1.807) is 0 Å². The van der Waals surface area contributed by atoms with E-state index in [4.69, 9.17) is 48.4 Å². The Kier molecular flexibility index (Phi) is 29.2. The van der Waals surface area contributed by atoms with E-state index >= 15 is 0 Å². The van der Waals surface area contributed by atoms with Crippen molar-refractivity contribution in [3.8, 4) is 0 Å². The highest BCUT2D eigenvalue weighted by Gasteiger charge is 1.95. The van der Waals surface area contributed by atoms with Crippen LogP contribution in [0, 0.1) is 0 Å². The van der Waals surface area contributed by atoms with Crippen LogP contribution in [0.4, 0.5) is 0 Å². The van der Waals surface area contributed by atoms with Gasteiger partial charge in [-0.2, -0.15) is 0 Å². The van der Waals surface area contributed by atoms with E-state index in [1.807, 2.05) is 0 Å². The highest BCUT2D eigenvalue weighted by atomic mass is 16.6. The summed E-state index contributed by atoms with van der Waals surface area (Å²) in [6.07, 6.45) is 1.03. The number of nitrogens with two attached hydrogens (primary N) is 1. The fourth-order valence-corrected chi connectivity index (χ4v) is 2.09. The van der Waals surface area contributed by atoms with E-state index in [2.05, 4.69) is 6.92 Å².